The molecule has 0 aliphatic heterocycles. The van der Waals surface area contributed by atoms with Gasteiger partial charge in [-0.05, 0) is 25.7 Å². The van der Waals surface area contributed by atoms with Crippen LogP contribution in [0, 0.1) is 5.92 Å². The van der Waals surface area contributed by atoms with Crippen molar-refractivity contribution in [2.45, 2.75) is 53.0 Å². The molecule has 2 aromatic rings. The molecule has 2 N–H and O–H groups in total. The van der Waals surface area contributed by atoms with Crippen LogP contribution in [0.1, 0.15) is 47.0 Å². The summed E-state index contributed by atoms with van der Waals surface area (Å²) in [5.41, 5.74) is 0.882. The number of nitrogens with zero attached hydrogens (tertiary/aromatic N) is 3. The van der Waals surface area contributed by atoms with Gasteiger partial charge in [-0.25, -0.2) is 9.97 Å². The molecule has 0 bridgehead atoms. The van der Waals surface area contributed by atoms with E-state index in [4.69, 9.17) is 0 Å². The van der Waals surface area contributed by atoms with Crippen LogP contribution < -0.4 is 10.6 Å². The van der Waals surface area contributed by atoms with E-state index in [1.165, 1.54) is 6.42 Å². The smallest absolute Gasteiger partial charge is 0.180 e. The minimum absolute atomic E-state index is 0.384. The lowest BCUT2D eigenvalue weighted by Gasteiger charge is -2.19. The van der Waals surface area contributed by atoms with Crippen LogP contribution in [0.2, 0.25) is 0 Å². The molecule has 21 heavy (non-hydrogen) atoms. The molecule has 0 saturated heterocycles. The normalized spacial score (nSPS) is 14.1. The van der Waals surface area contributed by atoms with Crippen LogP contribution >= 0.6 is 0 Å². The Kier molecular flexibility index (Phi) is 5.42. The van der Waals surface area contributed by atoms with Crippen LogP contribution in [0.3, 0.4) is 0 Å². The Morgan fingerprint density at radius 1 is 1.29 bits per heavy atom. The second-order valence-electron chi connectivity index (χ2n) is 5.85. The van der Waals surface area contributed by atoms with Crippen molar-refractivity contribution in [3.05, 3.63) is 18.6 Å². The van der Waals surface area contributed by atoms with Gasteiger partial charge < -0.3 is 15.0 Å². The number of nitrogens with one attached hydrogen (secondary N) is 2. The Hall–Kier alpha value is -1.78. The first-order chi connectivity index (χ1) is 10.1. The van der Waals surface area contributed by atoms with Crippen LogP contribution in [-0.2, 0) is 0 Å². The van der Waals surface area contributed by atoms with Crippen LogP contribution in [-0.4, -0.2) is 27.0 Å². The fourth-order valence-corrected chi connectivity index (χ4v) is 2.43. The molecule has 0 radical (unpaired) electrons. The second kappa shape index (κ2) is 7.29. The molecule has 0 spiro atoms. The maximum Gasteiger partial charge on any atom is 0.180 e. The Morgan fingerprint density at radius 2 is 2.10 bits per heavy atom. The van der Waals surface area contributed by atoms with Crippen molar-refractivity contribution in [3.63, 3.8) is 0 Å². The molecule has 5 nitrogen and oxygen atoms in total. The van der Waals surface area contributed by atoms with Gasteiger partial charge in [0, 0.05) is 25.0 Å². The molecular weight excluding hydrogens is 262 g/mol. The van der Waals surface area contributed by atoms with Crippen molar-refractivity contribution in [2.75, 3.05) is 17.2 Å². The summed E-state index contributed by atoms with van der Waals surface area (Å²) in [6, 6.07) is 0.384. The first kappa shape index (κ1) is 15.6. The number of hydrogen-bond donors (Lipinski definition) is 2. The van der Waals surface area contributed by atoms with Gasteiger partial charge in [0.25, 0.3) is 0 Å². The maximum absolute atomic E-state index is 4.68. The van der Waals surface area contributed by atoms with Crippen molar-refractivity contribution in [1.82, 2.24) is 14.4 Å². The summed E-state index contributed by atoms with van der Waals surface area (Å²) in [5.74, 6) is 2.46. The van der Waals surface area contributed by atoms with Gasteiger partial charge in [0.15, 0.2) is 11.5 Å². The van der Waals surface area contributed by atoms with Crippen LogP contribution in [0.15, 0.2) is 18.6 Å². The van der Waals surface area contributed by atoms with Gasteiger partial charge in [-0.15, -0.1) is 0 Å². The summed E-state index contributed by atoms with van der Waals surface area (Å²) in [6.07, 6.45) is 9.18. The number of fused-ring (bicyclic) bond motifs is 1. The van der Waals surface area contributed by atoms with Gasteiger partial charge in [0.05, 0.1) is 6.20 Å². The molecule has 5 heteroatoms. The van der Waals surface area contributed by atoms with E-state index in [2.05, 4.69) is 48.3 Å². The molecule has 2 heterocycles. The van der Waals surface area contributed by atoms with E-state index in [9.17, 15) is 0 Å². The average molecular weight is 289 g/mol. The minimum Gasteiger partial charge on any atom is -0.369 e. The average Bonchev–Trinajstić information content (AvgIpc) is 2.93. The predicted octanol–water partition coefficient (Wildman–Crippen LogP) is 3.79. The van der Waals surface area contributed by atoms with E-state index in [1.54, 1.807) is 0 Å². The highest BCUT2D eigenvalue weighted by Gasteiger charge is 2.12. The van der Waals surface area contributed by atoms with Gasteiger partial charge in [-0.2, -0.15) is 0 Å². The lowest BCUT2D eigenvalue weighted by atomic mass is 10.0. The van der Waals surface area contributed by atoms with Crippen molar-refractivity contribution in [1.29, 1.82) is 0 Å². The SMILES string of the molecule is CCCNc1cn2ccnc2c(NC(C)CC(C)CC)n1. The Labute approximate surface area is 127 Å². The number of anilines is 2. The van der Waals surface area contributed by atoms with Gasteiger partial charge in [-0.1, -0.05) is 27.2 Å². The summed E-state index contributed by atoms with van der Waals surface area (Å²) in [5, 5.41) is 6.86. The third kappa shape index (κ3) is 4.09. The molecule has 0 saturated carbocycles. The number of hydrogen-bond acceptors (Lipinski definition) is 4. The zero-order chi connectivity index (χ0) is 15.2. The summed E-state index contributed by atoms with van der Waals surface area (Å²) in [4.78, 5) is 9.08. The Morgan fingerprint density at radius 3 is 2.81 bits per heavy atom. The summed E-state index contributed by atoms with van der Waals surface area (Å²) in [7, 11) is 0. The summed E-state index contributed by atoms with van der Waals surface area (Å²) < 4.78 is 2.02. The van der Waals surface area contributed by atoms with Gasteiger partial charge in [0.2, 0.25) is 0 Å². The maximum atomic E-state index is 4.68. The molecule has 0 aromatic carbocycles. The standard InChI is InChI=1S/C16H27N5/c1-5-7-17-14-11-21-9-8-18-16(21)15(20-14)19-13(4)10-12(3)6-2/h8-9,11-13,17H,5-7,10H2,1-4H3,(H,19,20). The molecule has 0 fully saturated rings. The van der Waals surface area contributed by atoms with Crippen LogP contribution in [0.25, 0.3) is 5.65 Å². The Balaban J connectivity index is 2.18. The quantitative estimate of drug-likeness (QED) is 0.776. The highest BCUT2D eigenvalue weighted by Crippen LogP contribution is 2.19. The van der Waals surface area contributed by atoms with E-state index in [-0.39, 0.29) is 0 Å². The highest BCUT2D eigenvalue weighted by molar-refractivity contribution is 5.65. The third-order valence-corrected chi connectivity index (χ3v) is 3.77. The molecule has 0 aliphatic rings. The fourth-order valence-electron chi connectivity index (χ4n) is 2.43. The highest BCUT2D eigenvalue weighted by atomic mass is 15.1. The lowest BCUT2D eigenvalue weighted by Crippen LogP contribution is -2.20. The third-order valence-electron chi connectivity index (χ3n) is 3.77. The van der Waals surface area contributed by atoms with Crippen molar-refractivity contribution >= 4 is 17.3 Å². The number of rotatable bonds is 8. The minimum atomic E-state index is 0.384. The molecule has 116 valence electrons. The van der Waals surface area contributed by atoms with Crippen LogP contribution in [0.5, 0.6) is 0 Å². The molecule has 2 rings (SSSR count). The van der Waals surface area contributed by atoms with E-state index in [0.29, 0.717) is 12.0 Å². The molecular formula is C16H27N5. The molecule has 2 unspecified atom stereocenters. The van der Waals surface area contributed by atoms with E-state index in [0.717, 1.165) is 36.7 Å². The van der Waals surface area contributed by atoms with Crippen molar-refractivity contribution in [2.24, 2.45) is 5.92 Å². The van der Waals surface area contributed by atoms with E-state index < -0.39 is 0 Å². The predicted molar refractivity (Wildman–Crippen MR) is 88.9 cm³/mol. The molecule has 2 atom stereocenters. The molecule has 0 amide bonds. The largest absolute Gasteiger partial charge is 0.369 e. The summed E-state index contributed by atoms with van der Waals surface area (Å²) in [6.45, 7) is 9.80. The zero-order valence-electron chi connectivity index (χ0n) is 13.6. The van der Waals surface area contributed by atoms with E-state index in [1.807, 2.05) is 23.0 Å². The first-order valence-electron chi connectivity index (χ1n) is 7.98. The fraction of sp³-hybridized carbons (Fsp3) is 0.625. The summed E-state index contributed by atoms with van der Waals surface area (Å²) >= 11 is 0. The Bertz CT molecular complexity index is 563. The van der Waals surface area contributed by atoms with Gasteiger partial charge >= 0.3 is 0 Å². The number of imidazole rings is 1. The van der Waals surface area contributed by atoms with Gasteiger partial charge in [-0.3, -0.25) is 0 Å². The topological polar surface area (TPSA) is 54.2 Å². The van der Waals surface area contributed by atoms with E-state index >= 15 is 0 Å². The molecule has 2 aromatic heterocycles. The lowest BCUT2D eigenvalue weighted by molar-refractivity contribution is 0.483. The molecule has 0 aliphatic carbocycles. The number of aromatic nitrogens is 3. The van der Waals surface area contributed by atoms with Crippen molar-refractivity contribution < 1.29 is 0 Å². The van der Waals surface area contributed by atoms with Crippen LogP contribution in [0.4, 0.5) is 11.6 Å². The zero-order valence-corrected chi connectivity index (χ0v) is 13.6. The monoisotopic (exact) mass is 289 g/mol. The second-order valence-corrected chi connectivity index (χ2v) is 5.85. The van der Waals surface area contributed by atoms with Crippen molar-refractivity contribution in [3.8, 4) is 0 Å². The first-order valence-corrected chi connectivity index (χ1v) is 7.98. The van der Waals surface area contributed by atoms with Gasteiger partial charge in [0.1, 0.15) is 5.82 Å².